The van der Waals surface area contributed by atoms with Crippen LogP contribution in [0.4, 0.5) is 11.5 Å². The van der Waals surface area contributed by atoms with Crippen LogP contribution < -0.4 is 11.1 Å². The molecule has 0 bridgehead atoms. The first-order valence-corrected chi connectivity index (χ1v) is 8.63. The second-order valence-corrected chi connectivity index (χ2v) is 6.75. The van der Waals surface area contributed by atoms with Crippen LogP contribution in [-0.4, -0.2) is 31.4 Å². The summed E-state index contributed by atoms with van der Waals surface area (Å²) in [6.45, 7) is 1.90. The lowest BCUT2D eigenvalue weighted by Gasteiger charge is -2.23. The van der Waals surface area contributed by atoms with E-state index in [1.165, 1.54) is 4.68 Å². The maximum Gasteiger partial charge on any atom is 0.253 e. The van der Waals surface area contributed by atoms with E-state index in [4.69, 9.17) is 5.73 Å². The number of aromatic nitrogens is 4. The van der Waals surface area contributed by atoms with E-state index >= 15 is 0 Å². The number of nitrogens with one attached hydrogen (secondary N) is 1. The molecule has 0 radical (unpaired) electrons. The first kappa shape index (κ1) is 16.3. The van der Waals surface area contributed by atoms with Gasteiger partial charge >= 0.3 is 0 Å². The summed E-state index contributed by atoms with van der Waals surface area (Å²) in [7, 11) is 0. The number of amides is 1. The topological polar surface area (TPSA) is 108 Å². The summed E-state index contributed by atoms with van der Waals surface area (Å²) in [6, 6.07) is 7.38. The molecule has 1 amide bonds. The number of aryl methyl sites for hydroxylation is 1. The highest BCUT2D eigenvalue weighted by Crippen LogP contribution is 2.27. The number of fused-ring (bicyclic) bond motifs is 1. The fraction of sp³-hybridized carbons (Fsp3) is 0.333. The number of nitrogen functional groups attached to an aromatic ring is 1. The van der Waals surface area contributed by atoms with Crippen LogP contribution >= 0.6 is 0 Å². The Morgan fingerprint density at radius 3 is 2.85 bits per heavy atom. The number of nitrogens with two attached hydrogens (primary N) is 1. The van der Waals surface area contributed by atoms with E-state index in [2.05, 4.69) is 15.6 Å². The molecular weight excluding hydrogens is 332 g/mol. The lowest BCUT2D eigenvalue weighted by molar-refractivity contribution is -0.122. The van der Waals surface area contributed by atoms with Crippen molar-refractivity contribution in [2.24, 2.45) is 5.92 Å². The molecule has 0 aliphatic heterocycles. The maximum atomic E-state index is 12.7. The van der Waals surface area contributed by atoms with Gasteiger partial charge in [0.25, 0.3) is 5.91 Å². The van der Waals surface area contributed by atoms with Crippen LogP contribution in [0.15, 0.2) is 30.5 Å². The Labute approximate surface area is 150 Å². The molecule has 1 saturated carbocycles. The Morgan fingerprint density at radius 2 is 2.12 bits per heavy atom. The Kier molecular flexibility index (Phi) is 3.95. The normalized spacial score (nSPS) is 14.3. The van der Waals surface area contributed by atoms with Gasteiger partial charge in [-0.05, 0) is 44.0 Å². The zero-order valence-corrected chi connectivity index (χ0v) is 14.5. The monoisotopic (exact) mass is 352 g/mol. The first-order chi connectivity index (χ1) is 12.5. The third kappa shape index (κ3) is 2.94. The molecule has 0 unspecified atom stereocenters. The van der Waals surface area contributed by atoms with E-state index < -0.39 is 0 Å². The van der Waals surface area contributed by atoms with Crippen molar-refractivity contribution in [2.45, 2.75) is 32.7 Å². The summed E-state index contributed by atoms with van der Waals surface area (Å²) >= 11 is 0. The molecule has 3 N–H and O–H groups in total. The highest BCUT2D eigenvalue weighted by atomic mass is 16.2. The van der Waals surface area contributed by atoms with Crippen molar-refractivity contribution in [1.82, 2.24) is 19.6 Å². The molecule has 0 atom stereocenters. The van der Waals surface area contributed by atoms with E-state index in [0.717, 1.165) is 35.9 Å². The molecule has 8 heteroatoms. The summed E-state index contributed by atoms with van der Waals surface area (Å²) in [6.07, 6.45) is 4.51. The molecule has 8 nitrogen and oxygen atoms in total. The predicted octanol–water partition coefficient (Wildman–Crippen LogP) is 2.20. The molecule has 26 heavy (non-hydrogen) atoms. The van der Waals surface area contributed by atoms with Gasteiger partial charge in [0, 0.05) is 22.7 Å². The van der Waals surface area contributed by atoms with Crippen LogP contribution in [0, 0.1) is 12.8 Å². The van der Waals surface area contributed by atoms with E-state index in [1.54, 1.807) is 16.8 Å². The van der Waals surface area contributed by atoms with Crippen molar-refractivity contribution in [3.05, 3.63) is 36.2 Å². The molecule has 0 saturated heterocycles. The molecule has 1 aromatic carbocycles. The number of hydrogen-bond donors (Lipinski definition) is 2. The Morgan fingerprint density at radius 1 is 1.31 bits per heavy atom. The van der Waals surface area contributed by atoms with Gasteiger partial charge in [0.2, 0.25) is 5.91 Å². The average molecular weight is 352 g/mol. The van der Waals surface area contributed by atoms with Crippen molar-refractivity contribution in [3.63, 3.8) is 0 Å². The first-order valence-electron chi connectivity index (χ1n) is 8.63. The average Bonchev–Trinajstić information content (AvgIpc) is 3.07. The van der Waals surface area contributed by atoms with Gasteiger partial charge in [0.1, 0.15) is 6.54 Å². The molecule has 1 fully saturated rings. The Hall–Kier alpha value is -3.16. The SMILES string of the molecule is Cc1cc2cc(N)ccc2n1C(=O)Cn1cc(NC(=O)C2CCC2)nn1. The number of carbonyl (C=O) groups is 2. The van der Waals surface area contributed by atoms with Gasteiger partial charge in [0.05, 0.1) is 11.7 Å². The Bertz CT molecular complexity index is 998. The van der Waals surface area contributed by atoms with Crippen molar-refractivity contribution >= 4 is 34.2 Å². The van der Waals surface area contributed by atoms with E-state index in [1.807, 2.05) is 25.1 Å². The van der Waals surface area contributed by atoms with Crippen LogP contribution in [0.25, 0.3) is 10.9 Å². The van der Waals surface area contributed by atoms with Gasteiger partial charge in [-0.25, -0.2) is 4.68 Å². The number of hydrogen-bond acceptors (Lipinski definition) is 5. The van der Waals surface area contributed by atoms with E-state index in [0.29, 0.717) is 11.5 Å². The van der Waals surface area contributed by atoms with Crippen LogP contribution in [0.3, 0.4) is 0 Å². The zero-order valence-electron chi connectivity index (χ0n) is 14.5. The molecular formula is C18H20N6O2. The number of benzene rings is 1. The highest BCUT2D eigenvalue weighted by Gasteiger charge is 2.25. The summed E-state index contributed by atoms with van der Waals surface area (Å²) in [5, 5.41) is 11.5. The summed E-state index contributed by atoms with van der Waals surface area (Å²) in [4.78, 5) is 24.7. The minimum Gasteiger partial charge on any atom is -0.399 e. The van der Waals surface area contributed by atoms with Crippen molar-refractivity contribution < 1.29 is 9.59 Å². The van der Waals surface area contributed by atoms with Gasteiger partial charge < -0.3 is 11.1 Å². The summed E-state index contributed by atoms with van der Waals surface area (Å²) in [5.41, 5.74) is 8.10. The molecule has 4 rings (SSSR count). The number of carbonyl (C=O) groups excluding carboxylic acids is 2. The van der Waals surface area contributed by atoms with Gasteiger partial charge in [-0.3, -0.25) is 14.2 Å². The van der Waals surface area contributed by atoms with Crippen LogP contribution in [0.2, 0.25) is 0 Å². The number of nitrogens with zero attached hydrogens (tertiary/aromatic N) is 4. The lowest BCUT2D eigenvalue weighted by atomic mass is 9.85. The van der Waals surface area contributed by atoms with Gasteiger partial charge in [-0.2, -0.15) is 0 Å². The number of anilines is 2. The van der Waals surface area contributed by atoms with Crippen molar-refractivity contribution in [3.8, 4) is 0 Å². The molecule has 134 valence electrons. The minimum atomic E-state index is -0.135. The fourth-order valence-electron chi connectivity index (χ4n) is 3.24. The fourth-order valence-corrected chi connectivity index (χ4v) is 3.24. The smallest absolute Gasteiger partial charge is 0.253 e. The summed E-state index contributed by atoms with van der Waals surface area (Å²) in [5.74, 6) is 0.281. The zero-order chi connectivity index (χ0) is 18.3. The van der Waals surface area contributed by atoms with Gasteiger partial charge in [-0.15, -0.1) is 5.10 Å². The molecule has 1 aliphatic carbocycles. The maximum absolute atomic E-state index is 12.7. The van der Waals surface area contributed by atoms with Crippen LogP contribution in [0.5, 0.6) is 0 Å². The van der Waals surface area contributed by atoms with Crippen molar-refractivity contribution in [2.75, 3.05) is 11.1 Å². The van der Waals surface area contributed by atoms with Crippen LogP contribution in [0.1, 0.15) is 29.8 Å². The Balaban J connectivity index is 1.50. The molecule has 2 aromatic heterocycles. The largest absolute Gasteiger partial charge is 0.399 e. The van der Waals surface area contributed by atoms with E-state index in [9.17, 15) is 9.59 Å². The number of rotatable bonds is 4. The van der Waals surface area contributed by atoms with Gasteiger partial charge in [-0.1, -0.05) is 11.6 Å². The van der Waals surface area contributed by atoms with E-state index in [-0.39, 0.29) is 24.3 Å². The van der Waals surface area contributed by atoms with Crippen molar-refractivity contribution in [1.29, 1.82) is 0 Å². The molecule has 1 aliphatic rings. The third-order valence-corrected chi connectivity index (χ3v) is 4.82. The van der Waals surface area contributed by atoms with Crippen LogP contribution in [-0.2, 0) is 11.3 Å². The highest BCUT2D eigenvalue weighted by molar-refractivity contribution is 5.95. The molecule has 3 aromatic rings. The second kappa shape index (κ2) is 6.29. The van der Waals surface area contributed by atoms with Gasteiger partial charge in [0.15, 0.2) is 5.82 Å². The third-order valence-electron chi connectivity index (χ3n) is 4.82. The lowest BCUT2D eigenvalue weighted by Crippen LogP contribution is -2.28. The molecule has 0 spiro atoms. The quantitative estimate of drug-likeness (QED) is 0.700. The second-order valence-electron chi connectivity index (χ2n) is 6.75. The molecule has 2 heterocycles. The predicted molar refractivity (Wildman–Crippen MR) is 97.7 cm³/mol. The summed E-state index contributed by atoms with van der Waals surface area (Å²) < 4.78 is 3.07. The standard InChI is InChI=1S/C18H20N6O2/c1-11-7-13-8-14(19)5-6-15(13)24(11)17(25)10-23-9-16(21-22-23)20-18(26)12-3-2-4-12/h5-9,12H,2-4,10,19H2,1H3,(H,20,26). The minimum absolute atomic E-state index is 0.0283.